The van der Waals surface area contributed by atoms with Gasteiger partial charge in [-0.1, -0.05) is 36.4 Å². The van der Waals surface area contributed by atoms with Crippen molar-refractivity contribution in [3.05, 3.63) is 88.7 Å². The van der Waals surface area contributed by atoms with E-state index in [0.717, 1.165) is 11.1 Å². The van der Waals surface area contributed by atoms with Crippen LogP contribution in [0.5, 0.6) is 23.0 Å². The summed E-state index contributed by atoms with van der Waals surface area (Å²) in [7, 11) is 0. The van der Waals surface area contributed by atoms with Crippen molar-refractivity contribution in [2.24, 2.45) is 0 Å². The third-order valence-corrected chi connectivity index (χ3v) is 5.24. The zero-order chi connectivity index (χ0) is 22.8. The minimum atomic E-state index is -0.489. The molecular weight excluding hydrogens is 424 g/mol. The molecular formula is C26H20O7. The van der Waals surface area contributed by atoms with Gasteiger partial charge in [0.05, 0.1) is 5.56 Å². The first-order valence-electron chi connectivity index (χ1n) is 10.4. The summed E-state index contributed by atoms with van der Waals surface area (Å²) in [6.45, 7) is 1.90. The number of carbonyl (C=O) groups excluding carboxylic acids is 2. The molecule has 0 amide bonds. The van der Waals surface area contributed by atoms with Crippen LogP contribution in [0.4, 0.5) is 0 Å². The van der Waals surface area contributed by atoms with Crippen molar-refractivity contribution in [3.63, 3.8) is 0 Å². The number of fused-ring (bicyclic) bond motifs is 2. The highest BCUT2D eigenvalue weighted by atomic mass is 16.7. The summed E-state index contributed by atoms with van der Waals surface area (Å²) in [5, 5.41) is 0. The minimum Gasteiger partial charge on any atom is -0.482 e. The van der Waals surface area contributed by atoms with Gasteiger partial charge >= 0.3 is 5.97 Å². The molecule has 0 unspecified atom stereocenters. The molecule has 0 spiro atoms. The number of Topliss-reactive ketones (excluding diaryl/α,β-unsaturated/α-hetero) is 1. The van der Waals surface area contributed by atoms with E-state index in [-0.39, 0.29) is 31.5 Å². The number of hydrogen-bond acceptors (Lipinski definition) is 7. The first kappa shape index (κ1) is 20.6. The Bertz CT molecular complexity index is 1260. The lowest BCUT2D eigenvalue weighted by molar-refractivity contribution is -0.147. The maximum absolute atomic E-state index is 12.9. The summed E-state index contributed by atoms with van der Waals surface area (Å²) in [5.41, 5.74) is 2.82. The number of ether oxygens (including phenoxy) is 5. The Labute approximate surface area is 190 Å². The van der Waals surface area contributed by atoms with Crippen molar-refractivity contribution in [1.82, 2.24) is 0 Å². The third-order valence-electron chi connectivity index (χ3n) is 5.24. The van der Waals surface area contributed by atoms with Gasteiger partial charge in [-0.05, 0) is 47.9 Å². The van der Waals surface area contributed by atoms with Crippen LogP contribution >= 0.6 is 0 Å². The first-order valence-corrected chi connectivity index (χ1v) is 10.4. The van der Waals surface area contributed by atoms with E-state index in [4.69, 9.17) is 23.7 Å². The summed E-state index contributed by atoms with van der Waals surface area (Å²) in [6.07, 6.45) is 1.66. The fourth-order valence-corrected chi connectivity index (χ4v) is 3.64. The Hall–Kier alpha value is -4.26. The van der Waals surface area contributed by atoms with E-state index in [9.17, 15) is 9.59 Å². The molecule has 3 aromatic carbocycles. The molecule has 2 aliphatic heterocycles. The highest BCUT2D eigenvalue weighted by Crippen LogP contribution is 2.38. The SMILES string of the molecule is Cc1cc(OCC(=O)OCc2ccccc2)cc2c1C(=O)/C(=C/c1ccc3c(c1)OCO3)O2. The van der Waals surface area contributed by atoms with Crippen molar-refractivity contribution >= 4 is 17.8 Å². The fraction of sp³-hybridized carbons (Fsp3) is 0.154. The van der Waals surface area contributed by atoms with E-state index < -0.39 is 5.97 Å². The number of ketones is 1. The predicted octanol–water partition coefficient (Wildman–Crippen LogP) is 4.46. The summed E-state index contributed by atoms with van der Waals surface area (Å²) >= 11 is 0. The molecule has 0 radical (unpaired) electrons. The average molecular weight is 444 g/mol. The second-order valence-corrected chi connectivity index (χ2v) is 7.60. The van der Waals surface area contributed by atoms with E-state index in [0.29, 0.717) is 34.1 Å². The van der Waals surface area contributed by atoms with E-state index >= 15 is 0 Å². The van der Waals surface area contributed by atoms with Crippen LogP contribution in [0.3, 0.4) is 0 Å². The highest BCUT2D eigenvalue weighted by Gasteiger charge is 2.30. The number of hydrogen-bond donors (Lipinski definition) is 0. The average Bonchev–Trinajstić information content (AvgIpc) is 3.41. The molecule has 0 N–H and O–H groups in total. The standard InChI is InChI=1S/C26H20O7/c1-16-9-19(29-14-24(27)30-13-17-5-3-2-4-6-17)12-22-25(16)26(28)23(33-22)11-18-7-8-20-21(10-18)32-15-31-20/h2-12H,13-15H2,1H3/b23-11-. The maximum atomic E-state index is 12.9. The van der Waals surface area contributed by atoms with Crippen LogP contribution < -0.4 is 18.9 Å². The summed E-state index contributed by atoms with van der Waals surface area (Å²) in [5.74, 6) is 1.59. The molecule has 0 fully saturated rings. The van der Waals surface area contributed by atoms with Gasteiger partial charge in [0.2, 0.25) is 12.6 Å². The molecule has 2 aliphatic rings. The van der Waals surface area contributed by atoms with Crippen LogP contribution in [-0.2, 0) is 16.1 Å². The summed E-state index contributed by atoms with van der Waals surface area (Å²) in [4.78, 5) is 24.9. The number of esters is 1. The van der Waals surface area contributed by atoms with Crippen molar-refractivity contribution in [3.8, 4) is 23.0 Å². The Balaban J connectivity index is 1.25. The number of aryl methyl sites for hydroxylation is 1. The zero-order valence-corrected chi connectivity index (χ0v) is 17.8. The highest BCUT2D eigenvalue weighted by molar-refractivity contribution is 6.15. The van der Waals surface area contributed by atoms with Crippen LogP contribution in [-0.4, -0.2) is 25.2 Å². The lowest BCUT2D eigenvalue weighted by Gasteiger charge is -2.09. The van der Waals surface area contributed by atoms with Crippen LogP contribution in [0.1, 0.15) is 27.0 Å². The van der Waals surface area contributed by atoms with Crippen LogP contribution in [0.15, 0.2) is 66.4 Å². The second-order valence-electron chi connectivity index (χ2n) is 7.60. The Morgan fingerprint density at radius 1 is 1.00 bits per heavy atom. The predicted molar refractivity (Wildman–Crippen MR) is 118 cm³/mol. The second kappa shape index (κ2) is 8.70. The number of rotatable bonds is 6. The molecule has 0 atom stereocenters. The Morgan fingerprint density at radius 2 is 1.82 bits per heavy atom. The van der Waals surface area contributed by atoms with Gasteiger partial charge in [0.15, 0.2) is 23.9 Å². The maximum Gasteiger partial charge on any atom is 0.344 e. The molecule has 0 aromatic heterocycles. The smallest absolute Gasteiger partial charge is 0.344 e. The molecule has 0 saturated heterocycles. The molecule has 0 bridgehead atoms. The molecule has 166 valence electrons. The van der Waals surface area contributed by atoms with E-state index in [1.165, 1.54) is 0 Å². The minimum absolute atomic E-state index is 0.178. The van der Waals surface area contributed by atoms with E-state index in [1.807, 2.05) is 36.4 Å². The van der Waals surface area contributed by atoms with E-state index in [1.54, 1.807) is 37.3 Å². The fourth-order valence-electron chi connectivity index (χ4n) is 3.64. The summed E-state index contributed by atoms with van der Waals surface area (Å²) < 4.78 is 27.3. The van der Waals surface area contributed by atoms with Gasteiger partial charge in [0, 0.05) is 6.07 Å². The Morgan fingerprint density at radius 3 is 2.67 bits per heavy atom. The van der Waals surface area contributed by atoms with Gasteiger partial charge in [0.1, 0.15) is 18.1 Å². The molecule has 2 heterocycles. The number of carbonyl (C=O) groups is 2. The van der Waals surface area contributed by atoms with Gasteiger partial charge in [-0.3, -0.25) is 4.79 Å². The van der Waals surface area contributed by atoms with E-state index in [2.05, 4.69) is 0 Å². The topological polar surface area (TPSA) is 80.3 Å². The van der Waals surface area contributed by atoms with Gasteiger partial charge in [-0.15, -0.1) is 0 Å². The first-order chi connectivity index (χ1) is 16.1. The third kappa shape index (κ3) is 4.39. The monoisotopic (exact) mass is 444 g/mol. The normalized spacial score (nSPS) is 14.7. The van der Waals surface area contributed by atoms with Gasteiger partial charge in [0.25, 0.3) is 0 Å². The van der Waals surface area contributed by atoms with Crippen LogP contribution in [0.2, 0.25) is 0 Å². The number of allylic oxidation sites excluding steroid dienone is 1. The number of benzene rings is 3. The quantitative estimate of drug-likeness (QED) is 0.410. The molecule has 33 heavy (non-hydrogen) atoms. The molecule has 3 aromatic rings. The molecule has 5 rings (SSSR count). The van der Waals surface area contributed by atoms with Gasteiger partial charge < -0.3 is 23.7 Å². The largest absolute Gasteiger partial charge is 0.482 e. The van der Waals surface area contributed by atoms with Crippen molar-refractivity contribution in [1.29, 1.82) is 0 Å². The lowest BCUT2D eigenvalue weighted by atomic mass is 10.0. The molecule has 0 aliphatic carbocycles. The molecule has 7 heteroatoms. The molecule has 0 saturated carbocycles. The Kier molecular flexibility index (Phi) is 5.44. The van der Waals surface area contributed by atoms with Crippen LogP contribution in [0.25, 0.3) is 6.08 Å². The van der Waals surface area contributed by atoms with Crippen molar-refractivity contribution in [2.45, 2.75) is 13.5 Å². The summed E-state index contributed by atoms with van der Waals surface area (Å²) in [6, 6.07) is 18.1. The van der Waals surface area contributed by atoms with Gasteiger partial charge in [-0.2, -0.15) is 0 Å². The lowest BCUT2D eigenvalue weighted by Crippen LogP contribution is -2.14. The van der Waals surface area contributed by atoms with Crippen molar-refractivity contribution in [2.75, 3.05) is 13.4 Å². The molecule has 7 nitrogen and oxygen atoms in total. The zero-order valence-electron chi connectivity index (χ0n) is 17.8. The van der Waals surface area contributed by atoms with Gasteiger partial charge in [-0.25, -0.2) is 4.79 Å². The van der Waals surface area contributed by atoms with Crippen molar-refractivity contribution < 1.29 is 33.3 Å². The van der Waals surface area contributed by atoms with Crippen LogP contribution in [0, 0.1) is 6.92 Å².